The molecule has 11 nitrogen and oxygen atoms in total. The number of carbonyl (C=O) groups excluding carboxylic acids is 2. The summed E-state index contributed by atoms with van der Waals surface area (Å²) in [5, 5.41) is 12.6. The first-order valence-electron chi connectivity index (χ1n) is 7.53. The standard InChI is InChI=1S/C16H16N4O7S.Na/c1-26-14-9-12(18-16(19-14)27-2)20-28(24,25)11-5-3-10(4-6-11)17-13(21)7-8-15(22)23;/h3-9H,1-2H3,(H,17,21)(H,22,23)(H,18,19,20);/q;+1/p-1. The number of sulfonamides is 1. The number of anilines is 2. The van der Waals surface area contributed by atoms with Crippen LogP contribution in [0.15, 0.2) is 47.4 Å². The van der Waals surface area contributed by atoms with E-state index in [1.165, 1.54) is 44.6 Å². The number of rotatable bonds is 8. The number of aromatic nitrogens is 2. The number of benzene rings is 1. The summed E-state index contributed by atoms with van der Waals surface area (Å²) in [7, 11) is -1.32. The Bertz CT molecular complexity index is 988. The Hall–Kier alpha value is -2.67. The predicted molar refractivity (Wildman–Crippen MR) is 95.2 cm³/mol. The Morgan fingerprint density at radius 2 is 1.72 bits per heavy atom. The maximum Gasteiger partial charge on any atom is 1.00 e. The molecule has 0 saturated heterocycles. The van der Waals surface area contributed by atoms with E-state index in [0.717, 1.165) is 6.08 Å². The van der Waals surface area contributed by atoms with Crippen molar-refractivity contribution in [3.05, 3.63) is 42.5 Å². The first kappa shape index (κ1) is 24.4. The van der Waals surface area contributed by atoms with E-state index in [1.807, 2.05) is 0 Å². The number of nitrogens with zero attached hydrogens (tertiary/aromatic N) is 2. The van der Waals surface area contributed by atoms with Crippen molar-refractivity contribution < 1.29 is 62.1 Å². The summed E-state index contributed by atoms with van der Waals surface area (Å²) in [5.41, 5.74) is 0.261. The van der Waals surface area contributed by atoms with Crippen molar-refractivity contribution in [1.29, 1.82) is 0 Å². The number of aliphatic carboxylic acids is 1. The zero-order valence-corrected chi connectivity index (χ0v) is 18.5. The summed E-state index contributed by atoms with van der Waals surface area (Å²) in [4.78, 5) is 29.4. The topological polar surface area (TPSA) is 160 Å². The predicted octanol–water partition coefficient (Wildman–Crippen LogP) is -3.46. The van der Waals surface area contributed by atoms with Gasteiger partial charge in [-0.05, 0) is 30.3 Å². The first-order chi connectivity index (χ1) is 13.2. The molecule has 0 aliphatic rings. The van der Waals surface area contributed by atoms with Gasteiger partial charge in [0.1, 0.15) is 0 Å². The van der Waals surface area contributed by atoms with Crippen LogP contribution in [0.3, 0.4) is 0 Å². The molecule has 0 radical (unpaired) electrons. The van der Waals surface area contributed by atoms with Crippen LogP contribution in [0, 0.1) is 0 Å². The molecule has 0 spiro atoms. The number of methoxy groups -OCH3 is 2. The molecular formula is C16H15N4NaO7S. The average Bonchev–Trinajstić information content (AvgIpc) is 2.66. The van der Waals surface area contributed by atoms with Gasteiger partial charge in [0, 0.05) is 17.8 Å². The molecule has 0 bridgehead atoms. The van der Waals surface area contributed by atoms with E-state index < -0.39 is 21.9 Å². The Kier molecular flexibility index (Phi) is 9.04. The zero-order chi connectivity index (χ0) is 20.7. The van der Waals surface area contributed by atoms with Gasteiger partial charge in [-0.3, -0.25) is 9.52 Å². The van der Waals surface area contributed by atoms with Crippen LogP contribution in [0.5, 0.6) is 11.9 Å². The minimum absolute atomic E-state index is 0. The zero-order valence-electron chi connectivity index (χ0n) is 15.7. The smallest absolute Gasteiger partial charge is 0.545 e. The van der Waals surface area contributed by atoms with Crippen molar-refractivity contribution >= 4 is 33.4 Å². The minimum atomic E-state index is -3.99. The van der Waals surface area contributed by atoms with Gasteiger partial charge in [0.15, 0.2) is 5.82 Å². The molecular weight excluding hydrogens is 415 g/mol. The number of carbonyl (C=O) groups is 2. The van der Waals surface area contributed by atoms with E-state index >= 15 is 0 Å². The molecule has 0 aliphatic carbocycles. The number of amides is 1. The van der Waals surface area contributed by atoms with E-state index in [9.17, 15) is 23.1 Å². The number of hydrogen-bond donors (Lipinski definition) is 2. The summed E-state index contributed by atoms with van der Waals surface area (Å²) in [5.74, 6) is -2.18. The Morgan fingerprint density at radius 1 is 1.07 bits per heavy atom. The van der Waals surface area contributed by atoms with Gasteiger partial charge in [0.05, 0.1) is 25.1 Å². The second kappa shape index (κ2) is 10.8. The van der Waals surface area contributed by atoms with E-state index in [-0.39, 0.29) is 57.8 Å². The van der Waals surface area contributed by atoms with Gasteiger partial charge >= 0.3 is 35.6 Å². The third-order valence-corrected chi connectivity index (χ3v) is 4.49. The molecule has 13 heteroatoms. The van der Waals surface area contributed by atoms with Gasteiger partial charge in [-0.25, -0.2) is 8.42 Å². The quantitative estimate of drug-likeness (QED) is 0.321. The maximum atomic E-state index is 12.5. The number of nitrogens with one attached hydrogen (secondary N) is 2. The van der Waals surface area contributed by atoms with Crippen LogP contribution in [0.1, 0.15) is 0 Å². The molecule has 1 aromatic heterocycles. The van der Waals surface area contributed by atoms with E-state index in [2.05, 4.69) is 20.0 Å². The summed E-state index contributed by atoms with van der Waals surface area (Å²) >= 11 is 0. The third kappa shape index (κ3) is 7.34. The molecule has 0 atom stereocenters. The normalized spacial score (nSPS) is 10.7. The van der Waals surface area contributed by atoms with Gasteiger partial charge in [-0.15, -0.1) is 0 Å². The summed E-state index contributed by atoms with van der Waals surface area (Å²) < 4.78 is 37.1. The summed E-state index contributed by atoms with van der Waals surface area (Å²) in [6.45, 7) is 0. The number of carboxylic acids is 1. The fraction of sp³-hybridized carbons (Fsp3) is 0.125. The average molecular weight is 430 g/mol. The van der Waals surface area contributed by atoms with Crippen LogP contribution in [-0.4, -0.2) is 44.5 Å². The van der Waals surface area contributed by atoms with E-state index in [1.54, 1.807) is 0 Å². The van der Waals surface area contributed by atoms with Gasteiger partial charge < -0.3 is 24.7 Å². The number of ether oxygens (including phenoxy) is 2. The molecule has 1 aromatic carbocycles. The van der Waals surface area contributed by atoms with Crippen LogP contribution in [-0.2, 0) is 19.6 Å². The van der Waals surface area contributed by atoms with Gasteiger partial charge in [-0.1, -0.05) is 0 Å². The number of carboxylic acid groups (broad SMARTS) is 1. The second-order valence-electron chi connectivity index (χ2n) is 5.05. The summed E-state index contributed by atoms with van der Waals surface area (Å²) in [6.07, 6.45) is 1.35. The molecule has 0 saturated carbocycles. The first-order valence-corrected chi connectivity index (χ1v) is 9.02. The van der Waals surface area contributed by atoms with E-state index in [4.69, 9.17) is 9.47 Å². The maximum absolute atomic E-state index is 12.5. The molecule has 148 valence electrons. The minimum Gasteiger partial charge on any atom is -0.545 e. The Labute approximate surface area is 188 Å². The molecule has 1 amide bonds. The van der Waals surface area contributed by atoms with E-state index in [0.29, 0.717) is 6.08 Å². The number of hydrogen-bond acceptors (Lipinski definition) is 9. The Morgan fingerprint density at radius 3 is 2.28 bits per heavy atom. The van der Waals surface area contributed by atoms with Crippen molar-refractivity contribution in [1.82, 2.24) is 9.97 Å². The van der Waals surface area contributed by atoms with Crippen molar-refractivity contribution in [2.75, 3.05) is 24.3 Å². The van der Waals surface area contributed by atoms with Crippen molar-refractivity contribution in [2.45, 2.75) is 4.90 Å². The molecule has 2 aromatic rings. The molecule has 29 heavy (non-hydrogen) atoms. The molecule has 2 N–H and O–H groups in total. The van der Waals surface area contributed by atoms with Crippen molar-refractivity contribution in [3.63, 3.8) is 0 Å². The SMILES string of the molecule is COc1cc(NS(=O)(=O)c2ccc(NC(=O)C=CC(=O)[O-])cc2)nc(OC)n1.[Na+]. The van der Waals surface area contributed by atoms with Gasteiger partial charge in [0.2, 0.25) is 11.8 Å². The van der Waals surface area contributed by atoms with Crippen LogP contribution >= 0.6 is 0 Å². The fourth-order valence-electron chi connectivity index (χ4n) is 1.89. The van der Waals surface area contributed by atoms with Crippen molar-refractivity contribution in [3.8, 4) is 11.9 Å². The van der Waals surface area contributed by atoms with Crippen LogP contribution in [0.4, 0.5) is 11.5 Å². The van der Waals surface area contributed by atoms with Crippen LogP contribution in [0.25, 0.3) is 0 Å². The monoisotopic (exact) mass is 430 g/mol. The molecule has 0 fully saturated rings. The molecule has 2 rings (SSSR count). The Balaban J connectivity index is 0.00000420. The molecule has 1 heterocycles. The van der Waals surface area contributed by atoms with Crippen LogP contribution in [0.2, 0.25) is 0 Å². The van der Waals surface area contributed by atoms with Gasteiger partial charge in [0.25, 0.3) is 10.0 Å². The van der Waals surface area contributed by atoms with Crippen LogP contribution < -0.4 is 54.2 Å². The largest absolute Gasteiger partial charge is 1.00 e. The van der Waals surface area contributed by atoms with Crippen molar-refractivity contribution in [2.24, 2.45) is 0 Å². The fourth-order valence-corrected chi connectivity index (χ4v) is 2.89. The molecule has 0 unspecified atom stereocenters. The molecule has 0 aliphatic heterocycles. The third-order valence-electron chi connectivity index (χ3n) is 3.12. The summed E-state index contributed by atoms with van der Waals surface area (Å²) in [6, 6.07) is 6.35. The van der Waals surface area contributed by atoms with Gasteiger partial charge in [-0.2, -0.15) is 9.97 Å². The second-order valence-corrected chi connectivity index (χ2v) is 6.74.